The van der Waals surface area contributed by atoms with Crippen molar-refractivity contribution in [2.24, 2.45) is 0 Å². The third-order valence-electron chi connectivity index (χ3n) is 3.95. The van der Waals surface area contributed by atoms with Gasteiger partial charge in [-0.2, -0.15) is 0 Å². The first-order valence-corrected chi connectivity index (χ1v) is 8.83. The molecule has 0 unspecified atom stereocenters. The third kappa shape index (κ3) is 4.61. The first kappa shape index (κ1) is 18.4. The van der Waals surface area contributed by atoms with Crippen molar-refractivity contribution in [1.29, 1.82) is 0 Å². The number of esters is 2. The van der Waals surface area contributed by atoms with E-state index in [-0.39, 0.29) is 0 Å². The topological polar surface area (TPSA) is 52.6 Å². The molecule has 4 nitrogen and oxygen atoms in total. The van der Waals surface area contributed by atoms with E-state index in [1.54, 1.807) is 24.3 Å². The molecule has 4 heteroatoms. The highest BCUT2D eigenvalue weighted by Gasteiger charge is 2.15. The van der Waals surface area contributed by atoms with Gasteiger partial charge in [0, 0.05) is 5.56 Å². The zero-order valence-electron chi connectivity index (χ0n) is 15.1. The maximum atomic E-state index is 12.6. The molecular formula is C23H20O4. The second kappa shape index (κ2) is 8.81. The van der Waals surface area contributed by atoms with Crippen molar-refractivity contribution in [3.63, 3.8) is 0 Å². The normalized spacial score (nSPS) is 10.3. The molecule has 0 aliphatic carbocycles. The van der Waals surface area contributed by atoms with E-state index in [0.29, 0.717) is 23.5 Å². The van der Waals surface area contributed by atoms with Gasteiger partial charge in [0.05, 0.1) is 17.7 Å². The molecule has 0 aromatic heterocycles. The van der Waals surface area contributed by atoms with E-state index >= 15 is 0 Å². The van der Waals surface area contributed by atoms with Crippen molar-refractivity contribution < 1.29 is 19.1 Å². The van der Waals surface area contributed by atoms with Crippen molar-refractivity contribution in [2.75, 3.05) is 6.61 Å². The molecule has 0 atom stereocenters. The van der Waals surface area contributed by atoms with Gasteiger partial charge in [-0.05, 0) is 36.2 Å². The minimum absolute atomic E-state index is 0.295. The van der Waals surface area contributed by atoms with Crippen molar-refractivity contribution in [3.8, 4) is 16.9 Å². The number of ether oxygens (including phenoxy) is 2. The number of carbonyl (C=O) groups excluding carboxylic acids is 2. The number of hydrogen-bond acceptors (Lipinski definition) is 4. The Morgan fingerprint density at radius 1 is 0.778 bits per heavy atom. The summed E-state index contributed by atoms with van der Waals surface area (Å²) in [6, 6.07) is 23.4. The van der Waals surface area contributed by atoms with Crippen molar-refractivity contribution >= 4 is 11.9 Å². The minimum Gasteiger partial charge on any atom is -0.462 e. The highest BCUT2D eigenvalue weighted by Crippen LogP contribution is 2.30. The monoisotopic (exact) mass is 360 g/mol. The van der Waals surface area contributed by atoms with E-state index in [2.05, 4.69) is 0 Å². The molecule has 0 N–H and O–H groups in total. The summed E-state index contributed by atoms with van der Waals surface area (Å²) < 4.78 is 10.7. The first-order chi connectivity index (χ1) is 13.2. The fourth-order valence-electron chi connectivity index (χ4n) is 2.62. The fourth-order valence-corrected chi connectivity index (χ4v) is 2.62. The quantitative estimate of drug-likeness (QED) is 0.451. The summed E-state index contributed by atoms with van der Waals surface area (Å²) in [6.07, 6.45) is 0.740. The highest BCUT2D eigenvalue weighted by atomic mass is 16.5. The summed E-state index contributed by atoms with van der Waals surface area (Å²) in [5, 5.41) is 0. The van der Waals surface area contributed by atoms with Crippen LogP contribution in [-0.2, 0) is 4.74 Å². The number of rotatable bonds is 6. The Kier molecular flexibility index (Phi) is 6.00. The minimum atomic E-state index is -0.525. The molecule has 0 saturated heterocycles. The number of carbonyl (C=O) groups is 2. The van der Waals surface area contributed by atoms with Gasteiger partial charge in [-0.1, -0.05) is 61.5 Å². The standard InChI is InChI=1S/C23H20O4/c1-2-15-26-22(24)18-11-8-12-19(16-18)23(25)27-21-14-7-6-13-20(21)17-9-4-3-5-10-17/h3-14,16H,2,15H2,1H3. The lowest BCUT2D eigenvalue weighted by molar-refractivity contribution is 0.0505. The Labute approximate surface area is 158 Å². The van der Waals surface area contributed by atoms with Gasteiger partial charge < -0.3 is 9.47 Å². The van der Waals surface area contributed by atoms with Crippen LogP contribution in [0.2, 0.25) is 0 Å². The van der Waals surface area contributed by atoms with Crippen molar-refractivity contribution in [1.82, 2.24) is 0 Å². The Bertz CT molecular complexity index is 932. The lowest BCUT2D eigenvalue weighted by Gasteiger charge is -2.11. The van der Waals surface area contributed by atoms with Crippen LogP contribution in [0.25, 0.3) is 11.1 Å². The van der Waals surface area contributed by atoms with Gasteiger partial charge in [0.1, 0.15) is 5.75 Å². The number of para-hydroxylation sites is 1. The highest BCUT2D eigenvalue weighted by molar-refractivity contribution is 5.96. The van der Waals surface area contributed by atoms with Crippen LogP contribution in [0.4, 0.5) is 0 Å². The zero-order chi connectivity index (χ0) is 19.1. The molecule has 136 valence electrons. The van der Waals surface area contributed by atoms with Crippen LogP contribution in [0.15, 0.2) is 78.9 Å². The van der Waals surface area contributed by atoms with E-state index in [9.17, 15) is 9.59 Å². The largest absolute Gasteiger partial charge is 0.462 e. The summed E-state index contributed by atoms with van der Waals surface area (Å²) >= 11 is 0. The van der Waals surface area contributed by atoms with Crippen LogP contribution < -0.4 is 4.74 Å². The van der Waals surface area contributed by atoms with Crippen LogP contribution in [0, 0.1) is 0 Å². The first-order valence-electron chi connectivity index (χ1n) is 8.83. The molecule has 0 spiro atoms. The van der Waals surface area contributed by atoms with Crippen molar-refractivity contribution in [2.45, 2.75) is 13.3 Å². The molecule has 3 aromatic rings. The Hall–Kier alpha value is -3.40. The maximum absolute atomic E-state index is 12.6. The molecule has 0 bridgehead atoms. The summed E-state index contributed by atoms with van der Waals surface area (Å²) in [7, 11) is 0. The predicted octanol–water partition coefficient (Wildman–Crippen LogP) is 5.14. The Balaban J connectivity index is 1.82. The van der Waals surface area contributed by atoms with Gasteiger partial charge in [0.15, 0.2) is 0 Å². The lowest BCUT2D eigenvalue weighted by atomic mass is 10.0. The Morgan fingerprint density at radius 2 is 1.44 bits per heavy atom. The van der Waals surface area contributed by atoms with E-state index in [1.165, 1.54) is 6.07 Å². The van der Waals surface area contributed by atoms with Gasteiger partial charge in [-0.3, -0.25) is 0 Å². The number of benzene rings is 3. The van der Waals surface area contributed by atoms with Crippen LogP contribution in [0.5, 0.6) is 5.75 Å². The molecule has 0 radical (unpaired) electrons. The molecule has 0 aliphatic rings. The van der Waals surface area contributed by atoms with Gasteiger partial charge in [0.2, 0.25) is 0 Å². The second-order valence-corrected chi connectivity index (χ2v) is 5.97. The molecular weight excluding hydrogens is 340 g/mol. The van der Waals surface area contributed by atoms with Crippen LogP contribution in [0.1, 0.15) is 34.1 Å². The summed E-state index contributed by atoms with van der Waals surface area (Å²) in [4.78, 5) is 24.6. The summed E-state index contributed by atoms with van der Waals surface area (Å²) in [6.45, 7) is 2.27. The molecule has 0 fully saturated rings. The maximum Gasteiger partial charge on any atom is 0.343 e. The SMILES string of the molecule is CCCOC(=O)c1cccc(C(=O)Oc2ccccc2-c2ccccc2)c1. The lowest BCUT2D eigenvalue weighted by Crippen LogP contribution is -2.11. The van der Waals surface area contributed by atoms with Gasteiger partial charge in [-0.15, -0.1) is 0 Å². The second-order valence-electron chi connectivity index (χ2n) is 5.97. The van der Waals surface area contributed by atoms with Gasteiger partial charge in [-0.25, -0.2) is 9.59 Å². The number of hydrogen-bond donors (Lipinski definition) is 0. The fraction of sp³-hybridized carbons (Fsp3) is 0.130. The van der Waals surface area contributed by atoms with E-state index in [4.69, 9.17) is 9.47 Å². The predicted molar refractivity (Wildman–Crippen MR) is 104 cm³/mol. The van der Waals surface area contributed by atoms with E-state index in [0.717, 1.165) is 17.5 Å². The molecule has 3 rings (SSSR count). The summed E-state index contributed by atoms with van der Waals surface area (Å²) in [5.74, 6) is -0.507. The summed E-state index contributed by atoms with van der Waals surface area (Å²) in [5.41, 5.74) is 2.40. The zero-order valence-corrected chi connectivity index (χ0v) is 15.1. The molecule has 0 saturated carbocycles. The van der Waals surface area contributed by atoms with Crippen LogP contribution >= 0.6 is 0 Å². The smallest absolute Gasteiger partial charge is 0.343 e. The third-order valence-corrected chi connectivity index (χ3v) is 3.95. The van der Waals surface area contributed by atoms with Gasteiger partial charge in [0.25, 0.3) is 0 Å². The van der Waals surface area contributed by atoms with Crippen LogP contribution in [-0.4, -0.2) is 18.5 Å². The molecule has 0 aliphatic heterocycles. The van der Waals surface area contributed by atoms with Gasteiger partial charge >= 0.3 is 11.9 Å². The molecule has 0 heterocycles. The van der Waals surface area contributed by atoms with E-state index in [1.807, 2.05) is 55.5 Å². The van der Waals surface area contributed by atoms with Crippen LogP contribution in [0.3, 0.4) is 0 Å². The molecule has 27 heavy (non-hydrogen) atoms. The van der Waals surface area contributed by atoms with Crippen molar-refractivity contribution in [3.05, 3.63) is 90.0 Å². The van der Waals surface area contributed by atoms with E-state index < -0.39 is 11.9 Å². The molecule has 3 aromatic carbocycles. The molecule has 0 amide bonds. The average Bonchev–Trinajstić information content (AvgIpc) is 2.73. The average molecular weight is 360 g/mol. The Morgan fingerprint density at radius 3 is 2.19 bits per heavy atom.